The Morgan fingerprint density at radius 3 is 2.50 bits per heavy atom. The Bertz CT molecular complexity index is 381. The van der Waals surface area contributed by atoms with Crippen LogP contribution in [-0.4, -0.2) is 50.8 Å². The molecule has 0 spiro atoms. The number of nitrogens with one attached hydrogen (secondary N) is 3. The molecule has 1 unspecified atom stereocenters. The second-order valence-electron chi connectivity index (χ2n) is 6.49. The average Bonchev–Trinajstić information content (AvgIpc) is 3.22. The summed E-state index contributed by atoms with van der Waals surface area (Å²) in [5.41, 5.74) is 0. The molecule has 7 heteroatoms. The molecule has 0 aromatic heterocycles. The van der Waals surface area contributed by atoms with Crippen molar-refractivity contribution in [2.45, 2.75) is 58.0 Å². The van der Waals surface area contributed by atoms with Gasteiger partial charge in [-0.25, -0.2) is 0 Å². The van der Waals surface area contributed by atoms with Gasteiger partial charge in [0.1, 0.15) is 0 Å². The van der Waals surface area contributed by atoms with Crippen molar-refractivity contribution < 1.29 is 9.53 Å². The van der Waals surface area contributed by atoms with Crippen LogP contribution >= 0.6 is 24.0 Å². The molecule has 3 N–H and O–H groups in total. The third-order valence-electron chi connectivity index (χ3n) is 4.51. The predicted molar refractivity (Wildman–Crippen MR) is 108 cm³/mol. The number of carbonyl (C=O) groups is 1. The van der Waals surface area contributed by atoms with Gasteiger partial charge < -0.3 is 20.7 Å². The van der Waals surface area contributed by atoms with Crippen LogP contribution < -0.4 is 16.0 Å². The van der Waals surface area contributed by atoms with Crippen LogP contribution in [0.25, 0.3) is 0 Å². The normalized spacial score (nSPS) is 21.4. The molecule has 2 aliphatic rings. The molecule has 0 radical (unpaired) electrons. The van der Waals surface area contributed by atoms with Gasteiger partial charge in [0.2, 0.25) is 5.91 Å². The molecule has 1 aliphatic carbocycles. The van der Waals surface area contributed by atoms with Crippen LogP contribution in [0.2, 0.25) is 0 Å². The molecule has 24 heavy (non-hydrogen) atoms. The summed E-state index contributed by atoms with van der Waals surface area (Å²) in [5.74, 6) is 1.58. The number of guanidine groups is 1. The van der Waals surface area contributed by atoms with Gasteiger partial charge in [-0.2, -0.15) is 0 Å². The van der Waals surface area contributed by atoms with E-state index in [1.165, 1.54) is 25.7 Å². The molecule has 2 fully saturated rings. The molecule has 1 atom stereocenters. The van der Waals surface area contributed by atoms with Gasteiger partial charge in [0.05, 0.1) is 12.6 Å². The number of ether oxygens (including phenoxy) is 1. The lowest BCUT2D eigenvalue weighted by atomic mass is 10.0. The van der Waals surface area contributed by atoms with Crippen molar-refractivity contribution in [2.24, 2.45) is 10.9 Å². The largest absolute Gasteiger partial charge is 0.376 e. The van der Waals surface area contributed by atoms with E-state index in [2.05, 4.69) is 20.9 Å². The Morgan fingerprint density at radius 2 is 1.83 bits per heavy atom. The van der Waals surface area contributed by atoms with E-state index in [1.807, 2.05) is 6.92 Å². The summed E-state index contributed by atoms with van der Waals surface area (Å²) in [6.45, 7) is 5.75. The van der Waals surface area contributed by atoms with E-state index >= 15 is 0 Å². The number of hydrogen-bond acceptors (Lipinski definition) is 3. The first-order chi connectivity index (χ1) is 11.3. The summed E-state index contributed by atoms with van der Waals surface area (Å²) in [5, 5.41) is 9.48. The van der Waals surface area contributed by atoms with Crippen LogP contribution in [0.3, 0.4) is 0 Å². The second-order valence-corrected chi connectivity index (χ2v) is 6.49. The highest BCUT2D eigenvalue weighted by Crippen LogP contribution is 2.27. The zero-order valence-corrected chi connectivity index (χ0v) is 17.1. The lowest BCUT2D eigenvalue weighted by molar-refractivity contribution is -0.121. The Morgan fingerprint density at radius 1 is 1.08 bits per heavy atom. The van der Waals surface area contributed by atoms with Crippen molar-refractivity contribution in [2.75, 3.05) is 32.8 Å². The smallest absolute Gasteiger partial charge is 0.220 e. The Balaban J connectivity index is 0.00000288. The Hall–Kier alpha value is -0.570. The summed E-state index contributed by atoms with van der Waals surface area (Å²) in [6, 6.07) is 0. The number of amides is 1. The highest BCUT2D eigenvalue weighted by Gasteiger charge is 2.18. The van der Waals surface area contributed by atoms with Crippen molar-refractivity contribution in [1.82, 2.24) is 16.0 Å². The minimum Gasteiger partial charge on any atom is -0.376 e. The molecular weight excluding hydrogens is 419 g/mol. The fourth-order valence-corrected chi connectivity index (χ4v) is 3.25. The van der Waals surface area contributed by atoms with Crippen molar-refractivity contribution in [1.29, 1.82) is 0 Å². The zero-order chi connectivity index (χ0) is 16.3. The van der Waals surface area contributed by atoms with Crippen LogP contribution in [0, 0.1) is 5.92 Å². The molecular formula is C17H33IN4O2. The number of rotatable bonds is 8. The molecule has 1 saturated heterocycles. The maximum atomic E-state index is 11.9. The van der Waals surface area contributed by atoms with Crippen molar-refractivity contribution in [3.05, 3.63) is 0 Å². The van der Waals surface area contributed by atoms with Crippen molar-refractivity contribution >= 4 is 35.8 Å². The quantitative estimate of drug-likeness (QED) is 0.228. The number of aliphatic imine (C=N–C) groups is 1. The fraction of sp³-hybridized carbons (Fsp3) is 0.882. The molecule has 2 rings (SSSR count). The Labute approximate surface area is 163 Å². The SMILES string of the molecule is CCNC(=NCC1CCCO1)NCCNC(=O)CC1CCCC1.I. The summed E-state index contributed by atoms with van der Waals surface area (Å²) >= 11 is 0. The first-order valence-corrected chi connectivity index (χ1v) is 9.18. The van der Waals surface area contributed by atoms with Crippen LogP contribution in [0.1, 0.15) is 51.9 Å². The summed E-state index contributed by atoms with van der Waals surface area (Å²) in [6.07, 6.45) is 8.18. The lowest BCUT2D eigenvalue weighted by Gasteiger charge is -2.14. The third kappa shape index (κ3) is 8.50. The molecule has 1 saturated carbocycles. The molecule has 0 bridgehead atoms. The van der Waals surface area contributed by atoms with Gasteiger partial charge in [0, 0.05) is 32.7 Å². The summed E-state index contributed by atoms with van der Waals surface area (Å²) < 4.78 is 5.58. The van der Waals surface area contributed by atoms with Gasteiger partial charge in [-0.3, -0.25) is 9.79 Å². The number of nitrogens with zero attached hydrogens (tertiary/aromatic N) is 1. The number of carbonyl (C=O) groups excluding carboxylic acids is 1. The summed E-state index contributed by atoms with van der Waals surface area (Å²) in [7, 11) is 0. The maximum absolute atomic E-state index is 11.9. The summed E-state index contributed by atoms with van der Waals surface area (Å²) in [4.78, 5) is 16.4. The van der Waals surface area contributed by atoms with Crippen molar-refractivity contribution in [3.8, 4) is 0 Å². The maximum Gasteiger partial charge on any atom is 0.220 e. The lowest BCUT2D eigenvalue weighted by Crippen LogP contribution is -2.42. The van der Waals surface area contributed by atoms with E-state index in [0.29, 0.717) is 32.0 Å². The van der Waals surface area contributed by atoms with Crippen molar-refractivity contribution in [3.63, 3.8) is 0 Å². The van der Waals surface area contributed by atoms with Gasteiger partial charge in [-0.05, 0) is 38.5 Å². The Kier molecular flexibility index (Phi) is 11.4. The monoisotopic (exact) mass is 452 g/mol. The zero-order valence-electron chi connectivity index (χ0n) is 14.8. The van der Waals surface area contributed by atoms with E-state index in [4.69, 9.17) is 4.74 Å². The molecule has 0 aromatic rings. The average molecular weight is 452 g/mol. The standard InChI is InChI=1S/C17H32N4O2.HI/c1-2-18-17(21-13-15-8-5-11-23-15)20-10-9-19-16(22)12-14-6-3-4-7-14;/h14-15H,2-13H2,1H3,(H,19,22)(H2,18,20,21);1H. The molecule has 140 valence electrons. The van der Waals surface area contributed by atoms with E-state index in [0.717, 1.165) is 32.0 Å². The number of halogens is 1. The first-order valence-electron chi connectivity index (χ1n) is 9.18. The highest BCUT2D eigenvalue weighted by atomic mass is 127. The van der Waals surface area contributed by atoms with E-state index in [1.54, 1.807) is 0 Å². The van der Waals surface area contributed by atoms with Crippen LogP contribution in [0.4, 0.5) is 0 Å². The second kappa shape index (κ2) is 12.7. The molecule has 6 nitrogen and oxygen atoms in total. The third-order valence-corrected chi connectivity index (χ3v) is 4.51. The van der Waals surface area contributed by atoms with E-state index in [-0.39, 0.29) is 36.0 Å². The molecule has 1 heterocycles. The van der Waals surface area contributed by atoms with Crippen LogP contribution in [-0.2, 0) is 9.53 Å². The van der Waals surface area contributed by atoms with Gasteiger partial charge in [0.25, 0.3) is 0 Å². The van der Waals surface area contributed by atoms with E-state index < -0.39 is 0 Å². The molecule has 0 aromatic carbocycles. The molecule has 1 aliphatic heterocycles. The van der Waals surface area contributed by atoms with Crippen LogP contribution in [0.15, 0.2) is 4.99 Å². The van der Waals surface area contributed by atoms with Crippen LogP contribution in [0.5, 0.6) is 0 Å². The topological polar surface area (TPSA) is 74.8 Å². The van der Waals surface area contributed by atoms with Gasteiger partial charge in [0.15, 0.2) is 5.96 Å². The van der Waals surface area contributed by atoms with Gasteiger partial charge >= 0.3 is 0 Å². The minimum absolute atomic E-state index is 0. The first kappa shape index (κ1) is 21.5. The van der Waals surface area contributed by atoms with Gasteiger partial charge in [-0.1, -0.05) is 12.8 Å². The number of hydrogen-bond donors (Lipinski definition) is 3. The highest BCUT2D eigenvalue weighted by molar-refractivity contribution is 14.0. The van der Waals surface area contributed by atoms with E-state index in [9.17, 15) is 4.79 Å². The molecule has 1 amide bonds. The fourth-order valence-electron chi connectivity index (χ4n) is 3.25. The predicted octanol–water partition coefficient (Wildman–Crippen LogP) is 2.03. The van der Waals surface area contributed by atoms with Gasteiger partial charge in [-0.15, -0.1) is 24.0 Å². The minimum atomic E-state index is 0.